The van der Waals surface area contributed by atoms with Gasteiger partial charge in [-0.3, -0.25) is 0 Å². The summed E-state index contributed by atoms with van der Waals surface area (Å²) in [5.74, 6) is -4.18. The molecule has 2 aromatic carbocycles. The number of hydrogen-bond donors (Lipinski definition) is 2. The first-order chi connectivity index (χ1) is 9.85. The van der Waals surface area contributed by atoms with Crippen molar-refractivity contribution in [1.29, 1.82) is 0 Å². The Kier molecular flexibility index (Phi) is 4.06. The molecule has 0 unspecified atom stereocenters. The molecule has 0 aromatic heterocycles. The molecular weight excluding hydrogens is 284 g/mol. The minimum absolute atomic E-state index is 0.255. The fraction of sp³-hybridized carbons (Fsp3) is 0.200. The van der Waals surface area contributed by atoms with Crippen LogP contribution in [-0.2, 0) is 0 Å². The average Bonchev–Trinajstić information content (AvgIpc) is 2.42. The Morgan fingerprint density at radius 2 is 1.05 bits per heavy atom. The van der Waals surface area contributed by atoms with Crippen LogP contribution in [0.4, 0.5) is 28.9 Å². The van der Waals surface area contributed by atoms with Crippen LogP contribution >= 0.6 is 0 Å². The Balaban J connectivity index is 2.54. The van der Waals surface area contributed by atoms with Crippen molar-refractivity contribution in [3.8, 4) is 0 Å². The Bertz CT molecular complexity index is 582. The molecule has 6 heteroatoms. The number of halogens is 4. The predicted molar refractivity (Wildman–Crippen MR) is 73.7 cm³/mol. The molecule has 0 aliphatic carbocycles. The van der Waals surface area contributed by atoms with Crippen LogP contribution in [0.15, 0.2) is 24.3 Å². The van der Waals surface area contributed by atoms with Gasteiger partial charge in [-0.1, -0.05) is 6.92 Å². The lowest BCUT2D eigenvalue weighted by atomic mass is 9.88. The Labute approximate surface area is 119 Å². The molecule has 0 spiro atoms. The van der Waals surface area contributed by atoms with E-state index in [0.29, 0.717) is 6.42 Å². The third kappa shape index (κ3) is 2.79. The molecule has 4 N–H and O–H groups in total. The van der Waals surface area contributed by atoms with Crippen molar-refractivity contribution in [1.82, 2.24) is 0 Å². The lowest BCUT2D eigenvalue weighted by molar-refractivity contribution is 0.577. The minimum Gasteiger partial charge on any atom is -0.394 e. The van der Waals surface area contributed by atoms with Gasteiger partial charge in [-0.2, -0.15) is 0 Å². The van der Waals surface area contributed by atoms with Crippen LogP contribution in [0.3, 0.4) is 0 Å². The first kappa shape index (κ1) is 15.2. The molecule has 0 heterocycles. The van der Waals surface area contributed by atoms with Gasteiger partial charge < -0.3 is 11.5 Å². The van der Waals surface area contributed by atoms with E-state index in [-0.39, 0.29) is 11.1 Å². The van der Waals surface area contributed by atoms with Crippen molar-refractivity contribution >= 4 is 11.4 Å². The van der Waals surface area contributed by atoms with E-state index < -0.39 is 40.6 Å². The summed E-state index contributed by atoms with van der Waals surface area (Å²) in [6.45, 7) is 1.74. The van der Waals surface area contributed by atoms with Crippen LogP contribution in [0.5, 0.6) is 0 Å². The number of nitrogen functional groups attached to an aromatic ring is 2. The summed E-state index contributed by atoms with van der Waals surface area (Å²) in [5, 5.41) is 0. The van der Waals surface area contributed by atoms with Gasteiger partial charge in [0.2, 0.25) is 0 Å². The largest absolute Gasteiger partial charge is 0.394 e. The predicted octanol–water partition coefficient (Wildman–Crippen LogP) is 3.95. The van der Waals surface area contributed by atoms with E-state index in [1.54, 1.807) is 6.92 Å². The molecule has 112 valence electrons. The van der Waals surface area contributed by atoms with E-state index in [1.807, 2.05) is 0 Å². The summed E-state index contributed by atoms with van der Waals surface area (Å²) in [6.07, 6.45) is 0.394. The molecule has 0 amide bonds. The maximum atomic E-state index is 13.5. The third-order valence-electron chi connectivity index (χ3n) is 3.42. The molecule has 0 aliphatic heterocycles. The van der Waals surface area contributed by atoms with Crippen LogP contribution in [0.25, 0.3) is 0 Å². The second-order valence-corrected chi connectivity index (χ2v) is 4.76. The SMILES string of the molecule is CCC(c1cc(F)c(N)c(F)c1)c1cc(F)c(N)c(F)c1. The fourth-order valence-electron chi connectivity index (χ4n) is 2.27. The van der Waals surface area contributed by atoms with Crippen molar-refractivity contribution in [2.24, 2.45) is 0 Å². The van der Waals surface area contributed by atoms with Gasteiger partial charge in [0, 0.05) is 5.92 Å². The zero-order valence-corrected chi connectivity index (χ0v) is 11.3. The van der Waals surface area contributed by atoms with Gasteiger partial charge in [0.05, 0.1) is 0 Å². The summed E-state index contributed by atoms with van der Waals surface area (Å²) >= 11 is 0. The molecule has 0 saturated carbocycles. The highest BCUT2D eigenvalue weighted by Gasteiger charge is 2.19. The molecule has 2 aromatic rings. The Morgan fingerprint density at radius 1 is 0.762 bits per heavy atom. The summed E-state index contributed by atoms with van der Waals surface area (Å²) in [7, 11) is 0. The summed E-state index contributed by atoms with van der Waals surface area (Å²) < 4.78 is 54.2. The van der Waals surface area contributed by atoms with Crippen molar-refractivity contribution in [2.45, 2.75) is 19.3 Å². The van der Waals surface area contributed by atoms with Crippen LogP contribution in [0.1, 0.15) is 30.4 Å². The van der Waals surface area contributed by atoms with Gasteiger partial charge in [0.15, 0.2) is 0 Å². The molecule has 0 fully saturated rings. The topological polar surface area (TPSA) is 52.0 Å². The first-order valence-corrected chi connectivity index (χ1v) is 6.34. The van der Waals surface area contributed by atoms with Gasteiger partial charge in [-0.25, -0.2) is 17.6 Å². The lowest BCUT2D eigenvalue weighted by Crippen LogP contribution is -2.06. The van der Waals surface area contributed by atoms with E-state index in [4.69, 9.17) is 11.5 Å². The van der Waals surface area contributed by atoms with Crippen LogP contribution in [-0.4, -0.2) is 0 Å². The van der Waals surface area contributed by atoms with Gasteiger partial charge in [-0.15, -0.1) is 0 Å². The molecule has 2 nitrogen and oxygen atoms in total. The maximum absolute atomic E-state index is 13.5. The fourth-order valence-corrected chi connectivity index (χ4v) is 2.27. The summed E-state index contributed by atoms with van der Waals surface area (Å²) in [6, 6.07) is 4.27. The number of benzene rings is 2. The molecule has 0 radical (unpaired) electrons. The van der Waals surface area contributed by atoms with Crippen molar-refractivity contribution in [2.75, 3.05) is 11.5 Å². The quantitative estimate of drug-likeness (QED) is 0.666. The zero-order chi connectivity index (χ0) is 15.7. The van der Waals surface area contributed by atoms with E-state index in [2.05, 4.69) is 0 Å². The second kappa shape index (κ2) is 5.63. The summed E-state index contributed by atoms with van der Waals surface area (Å²) in [5.41, 5.74) is 9.77. The molecule has 0 saturated heterocycles. The second-order valence-electron chi connectivity index (χ2n) is 4.76. The highest BCUT2D eigenvalue weighted by atomic mass is 19.1. The number of rotatable bonds is 3. The Hall–Kier alpha value is -2.24. The van der Waals surface area contributed by atoms with Gasteiger partial charge in [0.25, 0.3) is 0 Å². The third-order valence-corrected chi connectivity index (χ3v) is 3.42. The van der Waals surface area contributed by atoms with Gasteiger partial charge >= 0.3 is 0 Å². The van der Waals surface area contributed by atoms with Gasteiger partial charge in [-0.05, 0) is 41.8 Å². The zero-order valence-electron chi connectivity index (χ0n) is 11.3. The number of anilines is 2. The van der Waals surface area contributed by atoms with Crippen molar-refractivity contribution in [3.05, 3.63) is 58.7 Å². The van der Waals surface area contributed by atoms with E-state index in [0.717, 1.165) is 24.3 Å². The molecular formula is C15H14F4N2. The van der Waals surface area contributed by atoms with Crippen LogP contribution < -0.4 is 11.5 Å². The molecule has 0 bridgehead atoms. The maximum Gasteiger partial charge on any atom is 0.149 e. The molecule has 21 heavy (non-hydrogen) atoms. The Morgan fingerprint density at radius 3 is 1.29 bits per heavy atom. The highest BCUT2D eigenvalue weighted by molar-refractivity contribution is 5.48. The number of hydrogen-bond acceptors (Lipinski definition) is 2. The first-order valence-electron chi connectivity index (χ1n) is 6.34. The molecule has 0 aliphatic rings. The van der Waals surface area contributed by atoms with Crippen LogP contribution in [0, 0.1) is 23.3 Å². The van der Waals surface area contributed by atoms with E-state index >= 15 is 0 Å². The summed E-state index contributed by atoms with van der Waals surface area (Å²) in [4.78, 5) is 0. The molecule has 0 atom stereocenters. The minimum atomic E-state index is -0.903. The lowest BCUT2D eigenvalue weighted by Gasteiger charge is -2.18. The average molecular weight is 298 g/mol. The van der Waals surface area contributed by atoms with Gasteiger partial charge in [0.1, 0.15) is 34.6 Å². The van der Waals surface area contributed by atoms with E-state index in [9.17, 15) is 17.6 Å². The highest BCUT2D eigenvalue weighted by Crippen LogP contribution is 2.33. The smallest absolute Gasteiger partial charge is 0.149 e. The van der Waals surface area contributed by atoms with Crippen molar-refractivity contribution < 1.29 is 17.6 Å². The number of nitrogens with two attached hydrogens (primary N) is 2. The normalized spacial score (nSPS) is 11.1. The molecule has 2 rings (SSSR count). The van der Waals surface area contributed by atoms with Crippen LogP contribution in [0.2, 0.25) is 0 Å². The van der Waals surface area contributed by atoms with E-state index in [1.165, 1.54) is 0 Å². The van der Waals surface area contributed by atoms with Crippen molar-refractivity contribution in [3.63, 3.8) is 0 Å². The monoisotopic (exact) mass is 298 g/mol. The standard InChI is InChI=1S/C15H14F4N2/c1-2-9(7-3-10(16)14(20)11(17)4-7)8-5-12(18)15(21)13(19)6-8/h3-6,9H,2,20-21H2,1H3.